The van der Waals surface area contributed by atoms with E-state index in [0.29, 0.717) is 13.2 Å². The van der Waals surface area contributed by atoms with Crippen molar-refractivity contribution in [3.8, 4) is 0 Å². The molecule has 0 radical (unpaired) electrons. The maximum atomic E-state index is 12.7. The second kappa shape index (κ2) is 9.10. The van der Waals surface area contributed by atoms with Crippen molar-refractivity contribution in [1.29, 1.82) is 0 Å². The molecule has 0 aromatic carbocycles. The highest BCUT2D eigenvalue weighted by atomic mass is 16.7. The molecule has 1 aliphatic rings. The van der Waals surface area contributed by atoms with Gasteiger partial charge >= 0.3 is 6.09 Å². The van der Waals surface area contributed by atoms with E-state index < -0.39 is 18.3 Å². The average molecular weight is 315 g/mol. The van der Waals surface area contributed by atoms with E-state index in [2.05, 4.69) is 0 Å². The summed E-state index contributed by atoms with van der Waals surface area (Å²) in [6, 6.07) is -0.222. The molecule has 1 saturated heterocycles. The van der Waals surface area contributed by atoms with Gasteiger partial charge in [-0.2, -0.15) is 0 Å². The highest BCUT2D eigenvalue weighted by Gasteiger charge is 2.43. The zero-order valence-electron chi connectivity index (χ0n) is 14.3. The van der Waals surface area contributed by atoms with Crippen molar-refractivity contribution in [3.63, 3.8) is 0 Å². The van der Waals surface area contributed by atoms with Crippen LogP contribution in [-0.4, -0.2) is 49.1 Å². The molecule has 0 N–H and O–H groups in total. The minimum Gasteiger partial charge on any atom is -0.447 e. The molecule has 2 atom stereocenters. The quantitative estimate of drug-likeness (QED) is 0.612. The maximum absolute atomic E-state index is 12.7. The van der Waals surface area contributed by atoms with Gasteiger partial charge in [0.15, 0.2) is 6.29 Å². The van der Waals surface area contributed by atoms with Crippen molar-refractivity contribution in [2.24, 2.45) is 11.8 Å². The second-order valence-electron chi connectivity index (χ2n) is 6.00. The molecule has 0 spiro atoms. The minimum atomic E-state index is -0.631. The first-order chi connectivity index (χ1) is 10.4. The topological polar surface area (TPSA) is 65.1 Å². The van der Waals surface area contributed by atoms with E-state index in [4.69, 9.17) is 14.2 Å². The molecule has 0 aromatic heterocycles. The predicted octanol–water partition coefficient (Wildman–Crippen LogP) is 2.81. The molecule has 128 valence electrons. The molecule has 22 heavy (non-hydrogen) atoms. The van der Waals surface area contributed by atoms with Crippen LogP contribution in [-0.2, 0) is 19.0 Å². The van der Waals surface area contributed by atoms with E-state index in [0.717, 1.165) is 12.8 Å². The molecule has 6 nitrogen and oxygen atoms in total. The SMILES string of the molecule is CCCOC(OCCC)[C@H](C)C(=O)N1C(=O)OC[C@@H]1C(C)C. The Kier molecular flexibility index (Phi) is 7.82. The average Bonchev–Trinajstić information content (AvgIpc) is 2.88. The first-order valence-electron chi connectivity index (χ1n) is 8.17. The smallest absolute Gasteiger partial charge is 0.416 e. The summed E-state index contributed by atoms with van der Waals surface area (Å²) in [6.45, 7) is 11.0. The van der Waals surface area contributed by atoms with E-state index in [-0.39, 0.29) is 24.5 Å². The largest absolute Gasteiger partial charge is 0.447 e. The van der Waals surface area contributed by atoms with Crippen LogP contribution in [0.5, 0.6) is 0 Å². The van der Waals surface area contributed by atoms with Gasteiger partial charge in [-0.25, -0.2) is 9.69 Å². The Morgan fingerprint density at radius 1 is 1.23 bits per heavy atom. The normalized spacial score (nSPS) is 19.9. The van der Waals surface area contributed by atoms with Crippen LogP contribution in [0.2, 0.25) is 0 Å². The first-order valence-corrected chi connectivity index (χ1v) is 8.17. The number of ether oxygens (including phenoxy) is 3. The Morgan fingerprint density at radius 2 is 1.77 bits per heavy atom. The Morgan fingerprint density at radius 3 is 2.23 bits per heavy atom. The number of hydrogen-bond acceptors (Lipinski definition) is 5. The van der Waals surface area contributed by atoms with Gasteiger partial charge in [0.1, 0.15) is 6.61 Å². The lowest BCUT2D eigenvalue weighted by Gasteiger charge is -2.29. The molecule has 0 aliphatic carbocycles. The van der Waals surface area contributed by atoms with E-state index in [1.54, 1.807) is 6.92 Å². The number of amides is 2. The molecule has 0 bridgehead atoms. The van der Waals surface area contributed by atoms with Gasteiger partial charge in [0.25, 0.3) is 0 Å². The minimum absolute atomic E-state index is 0.147. The van der Waals surface area contributed by atoms with Crippen molar-refractivity contribution in [2.75, 3.05) is 19.8 Å². The van der Waals surface area contributed by atoms with Crippen LogP contribution < -0.4 is 0 Å². The number of hydrogen-bond donors (Lipinski definition) is 0. The highest BCUT2D eigenvalue weighted by molar-refractivity contribution is 5.94. The van der Waals surface area contributed by atoms with Gasteiger partial charge in [-0.15, -0.1) is 0 Å². The van der Waals surface area contributed by atoms with Crippen LogP contribution >= 0.6 is 0 Å². The van der Waals surface area contributed by atoms with E-state index in [9.17, 15) is 9.59 Å². The molecule has 1 rings (SSSR count). The summed E-state index contributed by atoms with van der Waals surface area (Å²) in [6.07, 6.45) is 0.481. The van der Waals surface area contributed by atoms with Crippen LogP contribution in [0.25, 0.3) is 0 Å². The van der Waals surface area contributed by atoms with Gasteiger partial charge in [0, 0.05) is 13.2 Å². The van der Waals surface area contributed by atoms with Crippen LogP contribution in [0.1, 0.15) is 47.5 Å². The summed E-state index contributed by atoms with van der Waals surface area (Å²) in [7, 11) is 0. The fourth-order valence-electron chi connectivity index (χ4n) is 2.32. The molecule has 1 aliphatic heterocycles. The molecule has 2 amide bonds. The number of cyclic esters (lactones) is 1. The molecule has 0 aromatic rings. The third kappa shape index (κ3) is 4.68. The third-order valence-electron chi connectivity index (χ3n) is 3.68. The van der Waals surface area contributed by atoms with Crippen LogP contribution in [0, 0.1) is 11.8 Å². The fraction of sp³-hybridized carbons (Fsp3) is 0.875. The fourth-order valence-corrected chi connectivity index (χ4v) is 2.32. The molecule has 0 saturated carbocycles. The summed E-state index contributed by atoms with van der Waals surface area (Å²) in [4.78, 5) is 25.8. The molecular weight excluding hydrogens is 286 g/mol. The molecule has 0 unspecified atom stereocenters. The zero-order valence-corrected chi connectivity index (χ0v) is 14.3. The van der Waals surface area contributed by atoms with E-state index in [1.165, 1.54) is 4.90 Å². The van der Waals surface area contributed by atoms with Gasteiger partial charge in [-0.1, -0.05) is 27.7 Å². The second-order valence-corrected chi connectivity index (χ2v) is 6.00. The summed E-state index contributed by atoms with van der Waals surface area (Å²) in [5.74, 6) is -0.697. The van der Waals surface area contributed by atoms with Crippen molar-refractivity contribution in [1.82, 2.24) is 4.90 Å². The van der Waals surface area contributed by atoms with Gasteiger partial charge in [0.05, 0.1) is 12.0 Å². The molecular formula is C16H29NO5. The lowest BCUT2D eigenvalue weighted by Crippen LogP contribution is -2.47. The van der Waals surface area contributed by atoms with Gasteiger partial charge in [-0.3, -0.25) is 4.79 Å². The summed E-state index contributed by atoms with van der Waals surface area (Å²) >= 11 is 0. The zero-order chi connectivity index (χ0) is 16.7. The summed E-state index contributed by atoms with van der Waals surface area (Å²) in [5, 5.41) is 0. The van der Waals surface area contributed by atoms with Crippen molar-refractivity contribution < 1.29 is 23.8 Å². The molecule has 1 fully saturated rings. The van der Waals surface area contributed by atoms with Crippen molar-refractivity contribution in [3.05, 3.63) is 0 Å². The lowest BCUT2D eigenvalue weighted by molar-refractivity contribution is -0.181. The first kappa shape index (κ1) is 18.9. The lowest BCUT2D eigenvalue weighted by atomic mass is 10.0. The Balaban J connectivity index is 2.79. The monoisotopic (exact) mass is 315 g/mol. The Labute approximate surface area is 133 Å². The van der Waals surface area contributed by atoms with Crippen LogP contribution in [0.3, 0.4) is 0 Å². The summed E-state index contributed by atoms with van der Waals surface area (Å²) in [5.41, 5.74) is 0. The van der Waals surface area contributed by atoms with Gasteiger partial charge in [-0.05, 0) is 25.7 Å². The number of rotatable bonds is 9. The summed E-state index contributed by atoms with van der Waals surface area (Å²) < 4.78 is 16.3. The van der Waals surface area contributed by atoms with Crippen molar-refractivity contribution in [2.45, 2.75) is 59.8 Å². The number of nitrogens with zero attached hydrogens (tertiary/aromatic N) is 1. The number of imide groups is 1. The van der Waals surface area contributed by atoms with Gasteiger partial charge in [0.2, 0.25) is 5.91 Å². The Hall–Kier alpha value is -1.14. The van der Waals surface area contributed by atoms with Gasteiger partial charge < -0.3 is 14.2 Å². The third-order valence-corrected chi connectivity index (χ3v) is 3.68. The van der Waals surface area contributed by atoms with E-state index in [1.807, 2.05) is 27.7 Å². The Bertz CT molecular complexity index is 364. The van der Waals surface area contributed by atoms with Crippen molar-refractivity contribution >= 4 is 12.0 Å². The van der Waals surface area contributed by atoms with E-state index >= 15 is 0 Å². The highest BCUT2D eigenvalue weighted by Crippen LogP contribution is 2.24. The standard InChI is InChI=1S/C16H29NO5/c1-6-8-20-15(21-9-7-2)12(5)14(18)17-13(11(3)4)10-22-16(17)19/h11-13,15H,6-10H2,1-5H3/t12-,13-/m1/s1. The number of carbonyl (C=O) groups excluding carboxylic acids is 2. The predicted molar refractivity (Wildman–Crippen MR) is 82.3 cm³/mol. The maximum Gasteiger partial charge on any atom is 0.416 e. The van der Waals surface area contributed by atoms with Crippen LogP contribution in [0.4, 0.5) is 4.79 Å². The molecule has 6 heteroatoms. The van der Waals surface area contributed by atoms with Crippen LogP contribution in [0.15, 0.2) is 0 Å². The molecule has 1 heterocycles. The number of carbonyl (C=O) groups is 2.